The molecule has 102 valence electrons. The first-order valence-corrected chi connectivity index (χ1v) is 5.62. The quantitative estimate of drug-likeness (QED) is 0.244. The third-order valence-electron chi connectivity index (χ3n) is 1.82. The predicted molar refractivity (Wildman–Crippen MR) is 63.0 cm³/mol. The molecule has 0 unspecified atom stereocenters. The van der Waals surface area contributed by atoms with Crippen LogP contribution in [0.15, 0.2) is 25.3 Å². The Morgan fingerprint density at radius 3 is 1.50 bits per heavy atom. The molecule has 6 nitrogen and oxygen atoms in total. The highest BCUT2D eigenvalue weighted by atomic mass is 17.2. The lowest BCUT2D eigenvalue weighted by Crippen LogP contribution is -2.04. The third kappa shape index (κ3) is 10.8. The molecule has 18 heavy (non-hydrogen) atoms. The molecule has 0 atom stereocenters. The van der Waals surface area contributed by atoms with E-state index in [4.69, 9.17) is 0 Å². The summed E-state index contributed by atoms with van der Waals surface area (Å²) in [4.78, 5) is 39.0. The van der Waals surface area contributed by atoms with E-state index in [2.05, 4.69) is 32.7 Å². The second-order valence-electron chi connectivity index (χ2n) is 3.27. The second-order valence-corrected chi connectivity index (χ2v) is 3.27. The summed E-state index contributed by atoms with van der Waals surface area (Å²) in [5.41, 5.74) is 0. The Labute approximate surface area is 106 Å². The molecule has 0 aromatic rings. The Kier molecular flexibility index (Phi) is 10.7. The van der Waals surface area contributed by atoms with Crippen molar-refractivity contribution in [1.82, 2.24) is 0 Å². The molecule has 0 aliphatic heterocycles. The number of hydrogen-bond donors (Lipinski definition) is 0. The van der Waals surface area contributed by atoms with Crippen LogP contribution < -0.4 is 0 Å². The molecule has 0 fully saturated rings. The number of carbonyl (C=O) groups excluding carboxylic acids is 2. The molecule has 0 spiro atoms. The molecule has 0 radical (unpaired) electrons. The highest BCUT2D eigenvalue weighted by Crippen LogP contribution is 2.01. The van der Waals surface area contributed by atoms with E-state index in [1.807, 2.05) is 0 Å². The van der Waals surface area contributed by atoms with Gasteiger partial charge in [0.25, 0.3) is 0 Å². The zero-order valence-electron chi connectivity index (χ0n) is 10.3. The smallest absolute Gasteiger partial charge is 0.294 e. The van der Waals surface area contributed by atoms with Crippen molar-refractivity contribution in [3.63, 3.8) is 0 Å². The van der Waals surface area contributed by atoms with Gasteiger partial charge in [0.05, 0.1) is 13.2 Å². The van der Waals surface area contributed by atoms with Crippen LogP contribution in [0.5, 0.6) is 0 Å². The summed E-state index contributed by atoms with van der Waals surface area (Å²) in [6.45, 7) is 7.13. The molecule has 0 aromatic carbocycles. The van der Waals surface area contributed by atoms with Crippen molar-refractivity contribution in [2.75, 3.05) is 13.2 Å². The van der Waals surface area contributed by atoms with Crippen LogP contribution in [-0.4, -0.2) is 25.2 Å². The molecule has 0 saturated carbocycles. The molecule has 0 aliphatic carbocycles. The highest BCUT2D eigenvalue weighted by molar-refractivity contribution is 5.80. The van der Waals surface area contributed by atoms with E-state index in [-0.39, 0.29) is 0 Å². The summed E-state index contributed by atoms with van der Waals surface area (Å²) in [7, 11) is 0. The zero-order valence-corrected chi connectivity index (χ0v) is 10.3. The normalized spacial score (nSPS) is 9.56. The molecule has 0 heterocycles. The summed E-state index contributed by atoms with van der Waals surface area (Å²) in [6, 6.07) is 0. The summed E-state index contributed by atoms with van der Waals surface area (Å²) in [5, 5.41) is 0. The van der Waals surface area contributed by atoms with Gasteiger partial charge in [-0.15, -0.1) is 0 Å². The summed E-state index contributed by atoms with van der Waals surface area (Å²) in [5.74, 6) is -1.21. The van der Waals surface area contributed by atoms with E-state index >= 15 is 0 Å². The molecule has 0 aliphatic rings. The molecule has 0 saturated heterocycles. The van der Waals surface area contributed by atoms with Crippen LogP contribution in [0, 0.1) is 0 Å². The minimum atomic E-state index is -0.604. The maximum atomic E-state index is 10.6. The van der Waals surface area contributed by atoms with Gasteiger partial charge >= 0.3 is 11.9 Å². The van der Waals surface area contributed by atoms with Gasteiger partial charge in [-0.1, -0.05) is 26.0 Å². The second kappa shape index (κ2) is 11.8. The van der Waals surface area contributed by atoms with Crippen molar-refractivity contribution >= 4 is 11.9 Å². The van der Waals surface area contributed by atoms with E-state index in [0.29, 0.717) is 13.2 Å². The van der Waals surface area contributed by atoms with E-state index in [1.165, 1.54) is 0 Å². The molecule has 0 amide bonds. The minimum absolute atomic E-state index is 0.339. The van der Waals surface area contributed by atoms with Gasteiger partial charge < -0.3 is 0 Å². The van der Waals surface area contributed by atoms with Gasteiger partial charge in [0.15, 0.2) is 0 Å². The molecule has 0 aromatic heterocycles. The zero-order chi connectivity index (χ0) is 13.6. The minimum Gasteiger partial charge on any atom is -0.294 e. The largest absolute Gasteiger partial charge is 0.365 e. The fraction of sp³-hybridized carbons (Fsp3) is 0.500. The average Bonchev–Trinajstić information content (AvgIpc) is 2.40. The van der Waals surface area contributed by atoms with Gasteiger partial charge in [-0.3, -0.25) is 9.78 Å². The molecule has 0 rings (SSSR count). The van der Waals surface area contributed by atoms with Gasteiger partial charge in [-0.2, -0.15) is 9.78 Å². The van der Waals surface area contributed by atoms with E-state index < -0.39 is 11.9 Å². The lowest BCUT2D eigenvalue weighted by Gasteiger charge is -2.02. The van der Waals surface area contributed by atoms with Gasteiger partial charge in [0, 0.05) is 12.2 Å². The Hall–Kier alpha value is -1.66. The maximum absolute atomic E-state index is 10.6. The van der Waals surface area contributed by atoms with Crippen LogP contribution in [0.25, 0.3) is 0 Å². The summed E-state index contributed by atoms with van der Waals surface area (Å²) >= 11 is 0. The predicted octanol–water partition coefficient (Wildman–Crippen LogP) is 1.87. The lowest BCUT2D eigenvalue weighted by molar-refractivity contribution is -0.269. The van der Waals surface area contributed by atoms with Crippen LogP contribution in [0.4, 0.5) is 0 Å². The van der Waals surface area contributed by atoms with E-state index in [9.17, 15) is 9.59 Å². The third-order valence-corrected chi connectivity index (χ3v) is 1.82. The Morgan fingerprint density at radius 1 is 0.778 bits per heavy atom. The fourth-order valence-corrected chi connectivity index (χ4v) is 0.943. The fourth-order valence-electron chi connectivity index (χ4n) is 0.943. The van der Waals surface area contributed by atoms with E-state index in [1.54, 1.807) is 0 Å². The standard InChI is InChI=1S/C12H18O6/c1-3-11(13)17-15-9-7-5-6-8-10-16-18-12(14)4-2/h3-4H,1-2,5-10H2. The van der Waals surface area contributed by atoms with Gasteiger partial charge in [0.1, 0.15) is 0 Å². The van der Waals surface area contributed by atoms with Gasteiger partial charge in [-0.25, -0.2) is 9.59 Å². The van der Waals surface area contributed by atoms with Crippen LogP contribution in [0.3, 0.4) is 0 Å². The van der Waals surface area contributed by atoms with Crippen molar-refractivity contribution in [3.8, 4) is 0 Å². The van der Waals surface area contributed by atoms with Crippen molar-refractivity contribution in [2.24, 2.45) is 0 Å². The first-order chi connectivity index (χ1) is 8.70. The SMILES string of the molecule is C=CC(=O)OOCCCCCCOOC(=O)C=C. The first-order valence-electron chi connectivity index (χ1n) is 5.62. The van der Waals surface area contributed by atoms with Gasteiger partial charge in [-0.05, 0) is 12.8 Å². The monoisotopic (exact) mass is 258 g/mol. The molecular weight excluding hydrogens is 240 g/mol. The maximum Gasteiger partial charge on any atom is 0.365 e. The molecule has 0 N–H and O–H groups in total. The van der Waals surface area contributed by atoms with Crippen molar-refractivity contribution < 1.29 is 29.1 Å². The molecular formula is C12H18O6. The number of rotatable bonds is 11. The van der Waals surface area contributed by atoms with Crippen molar-refractivity contribution in [3.05, 3.63) is 25.3 Å². The summed E-state index contributed by atoms with van der Waals surface area (Å²) in [6.07, 6.45) is 5.37. The Morgan fingerprint density at radius 2 is 1.17 bits per heavy atom. The first kappa shape index (κ1) is 16.3. The van der Waals surface area contributed by atoms with Crippen molar-refractivity contribution in [1.29, 1.82) is 0 Å². The van der Waals surface area contributed by atoms with Gasteiger partial charge in [0.2, 0.25) is 0 Å². The number of carbonyl (C=O) groups is 2. The molecule has 6 heteroatoms. The topological polar surface area (TPSA) is 71.1 Å². The molecule has 0 bridgehead atoms. The van der Waals surface area contributed by atoms with Crippen molar-refractivity contribution in [2.45, 2.75) is 25.7 Å². The average molecular weight is 258 g/mol. The number of hydrogen-bond acceptors (Lipinski definition) is 6. The van der Waals surface area contributed by atoms with Crippen LogP contribution in [0.1, 0.15) is 25.7 Å². The highest BCUT2D eigenvalue weighted by Gasteiger charge is 1.98. The van der Waals surface area contributed by atoms with Crippen LogP contribution >= 0.6 is 0 Å². The van der Waals surface area contributed by atoms with Crippen LogP contribution in [0.2, 0.25) is 0 Å². The number of unbranched alkanes of at least 4 members (excludes halogenated alkanes) is 3. The van der Waals surface area contributed by atoms with Crippen LogP contribution in [-0.2, 0) is 29.1 Å². The Bertz CT molecular complexity index is 246. The lowest BCUT2D eigenvalue weighted by atomic mass is 10.2. The summed E-state index contributed by atoms with van der Waals surface area (Å²) < 4.78 is 0. The van der Waals surface area contributed by atoms with E-state index in [0.717, 1.165) is 37.8 Å². The Balaban J connectivity index is 3.12.